The van der Waals surface area contributed by atoms with Crippen LogP contribution >= 0.6 is 0 Å². The standard InChI is InChI=1S/C15H24N4O/c1-13(2)19-12-17-10-15(19)11-18-7-4-5-14(18)9-16-6-8-20-3/h4-5,7,10,12-13,16H,6,8-9,11H2,1-3H3. The fourth-order valence-electron chi connectivity index (χ4n) is 2.25. The molecule has 20 heavy (non-hydrogen) atoms. The lowest BCUT2D eigenvalue weighted by molar-refractivity contribution is 0.199. The van der Waals surface area contributed by atoms with E-state index < -0.39 is 0 Å². The molecule has 0 aromatic carbocycles. The van der Waals surface area contributed by atoms with Crippen molar-refractivity contribution >= 4 is 0 Å². The lowest BCUT2D eigenvalue weighted by Crippen LogP contribution is -2.21. The molecule has 2 aromatic rings. The maximum atomic E-state index is 5.04. The summed E-state index contributed by atoms with van der Waals surface area (Å²) in [5, 5.41) is 3.38. The highest BCUT2D eigenvalue weighted by Crippen LogP contribution is 2.12. The van der Waals surface area contributed by atoms with E-state index in [2.05, 4.69) is 51.6 Å². The van der Waals surface area contributed by atoms with E-state index in [0.717, 1.165) is 26.2 Å². The molecule has 0 unspecified atom stereocenters. The fourth-order valence-corrected chi connectivity index (χ4v) is 2.25. The molecule has 0 aliphatic rings. The monoisotopic (exact) mass is 276 g/mol. The second-order valence-electron chi connectivity index (χ2n) is 5.18. The smallest absolute Gasteiger partial charge is 0.0951 e. The third kappa shape index (κ3) is 3.71. The first-order valence-corrected chi connectivity index (χ1v) is 7.06. The van der Waals surface area contributed by atoms with E-state index >= 15 is 0 Å². The Balaban J connectivity index is 1.99. The van der Waals surface area contributed by atoms with Gasteiger partial charge < -0.3 is 19.2 Å². The van der Waals surface area contributed by atoms with Crippen molar-refractivity contribution in [3.8, 4) is 0 Å². The highest BCUT2D eigenvalue weighted by molar-refractivity contribution is 5.11. The van der Waals surface area contributed by atoms with Crippen molar-refractivity contribution in [3.05, 3.63) is 42.2 Å². The molecule has 5 heteroatoms. The Bertz CT molecular complexity index is 515. The van der Waals surface area contributed by atoms with E-state index in [0.29, 0.717) is 6.04 Å². The molecule has 2 heterocycles. The molecule has 0 radical (unpaired) electrons. The van der Waals surface area contributed by atoms with Crippen LogP contribution in [0.25, 0.3) is 0 Å². The van der Waals surface area contributed by atoms with Gasteiger partial charge in [-0.3, -0.25) is 0 Å². The minimum atomic E-state index is 0.436. The molecule has 0 bridgehead atoms. The third-order valence-corrected chi connectivity index (χ3v) is 3.35. The van der Waals surface area contributed by atoms with E-state index in [4.69, 9.17) is 4.74 Å². The van der Waals surface area contributed by atoms with Crippen LogP contribution in [0.2, 0.25) is 0 Å². The molecular formula is C15H24N4O. The van der Waals surface area contributed by atoms with E-state index in [9.17, 15) is 0 Å². The van der Waals surface area contributed by atoms with Gasteiger partial charge >= 0.3 is 0 Å². The number of imidazole rings is 1. The predicted octanol–water partition coefficient (Wildman–Crippen LogP) is 2.05. The summed E-state index contributed by atoms with van der Waals surface area (Å²) in [6.07, 6.45) is 5.97. The van der Waals surface area contributed by atoms with Gasteiger partial charge in [-0.1, -0.05) is 0 Å². The van der Waals surface area contributed by atoms with E-state index in [-0.39, 0.29) is 0 Å². The summed E-state index contributed by atoms with van der Waals surface area (Å²) in [5.74, 6) is 0. The van der Waals surface area contributed by atoms with Crippen LogP contribution in [0.3, 0.4) is 0 Å². The summed E-state index contributed by atoms with van der Waals surface area (Å²) >= 11 is 0. The SMILES string of the molecule is COCCNCc1cccn1Cc1cncn1C(C)C. The molecule has 0 saturated heterocycles. The van der Waals surface area contributed by atoms with Gasteiger partial charge in [0.05, 0.1) is 25.2 Å². The highest BCUT2D eigenvalue weighted by atomic mass is 16.5. The molecular weight excluding hydrogens is 252 g/mol. The van der Waals surface area contributed by atoms with Gasteiger partial charge in [-0.2, -0.15) is 0 Å². The Labute approximate surface area is 120 Å². The fraction of sp³-hybridized carbons (Fsp3) is 0.533. The Kier molecular flexibility index (Phi) is 5.38. The van der Waals surface area contributed by atoms with Crippen molar-refractivity contribution in [1.29, 1.82) is 0 Å². The lowest BCUT2D eigenvalue weighted by atomic mass is 10.3. The average molecular weight is 276 g/mol. The summed E-state index contributed by atoms with van der Waals surface area (Å²) in [4.78, 5) is 4.26. The maximum Gasteiger partial charge on any atom is 0.0951 e. The van der Waals surface area contributed by atoms with Crippen molar-refractivity contribution in [3.63, 3.8) is 0 Å². The van der Waals surface area contributed by atoms with Crippen LogP contribution in [-0.2, 0) is 17.8 Å². The normalized spacial score (nSPS) is 11.4. The summed E-state index contributed by atoms with van der Waals surface area (Å²) in [5.41, 5.74) is 2.51. The third-order valence-electron chi connectivity index (χ3n) is 3.35. The Morgan fingerprint density at radius 3 is 2.95 bits per heavy atom. The minimum absolute atomic E-state index is 0.436. The van der Waals surface area contributed by atoms with Crippen molar-refractivity contribution in [2.45, 2.75) is 33.0 Å². The van der Waals surface area contributed by atoms with Gasteiger partial charge in [-0.25, -0.2) is 4.98 Å². The van der Waals surface area contributed by atoms with Crippen LogP contribution in [-0.4, -0.2) is 34.4 Å². The minimum Gasteiger partial charge on any atom is -0.383 e. The number of ether oxygens (including phenoxy) is 1. The summed E-state index contributed by atoms with van der Waals surface area (Å²) < 4.78 is 9.51. The van der Waals surface area contributed by atoms with Crippen molar-refractivity contribution in [1.82, 2.24) is 19.4 Å². The molecule has 0 atom stereocenters. The Morgan fingerprint density at radius 2 is 2.20 bits per heavy atom. The topological polar surface area (TPSA) is 44.0 Å². The van der Waals surface area contributed by atoms with Gasteiger partial charge in [-0.15, -0.1) is 0 Å². The largest absolute Gasteiger partial charge is 0.383 e. The lowest BCUT2D eigenvalue weighted by Gasteiger charge is -2.14. The molecule has 0 aliphatic carbocycles. The number of methoxy groups -OCH3 is 1. The van der Waals surface area contributed by atoms with Crippen molar-refractivity contribution in [2.24, 2.45) is 0 Å². The van der Waals surface area contributed by atoms with Gasteiger partial charge in [-0.05, 0) is 26.0 Å². The van der Waals surface area contributed by atoms with E-state index in [1.807, 2.05) is 12.5 Å². The zero-order valence-corrected chi connectivity index (χ0v) is 12.5. The number of rotatable bonds is 8. The average Bonchev–Trinajstić information content (AvgIpc) is 3.05. The second-order valence-corrected chi connectivity index (χ2v) is 5.18. The number of nitrogens with zero attached hydrogens (tertiary/aromatic N) is 3. The Hall–Kier alpha value is -1.59. The van der Waals surface area contributed by atoms with Crippen LogP contribution in [0.5, 0.6) is 0 Å². The molecule has 0 aliphatic heterocycles. The first-order valence-electron chi connectivity index (χ1n) is 7.06. The quantitative estimate of drug-likeness (QED) is 0.751. The predicted molar refractivity (Wildman–Crippen MR) is 79.7 cm³/mol. The molecule has 2 rings (SSSR count). The molecule has 2 aromatic heterocycles. The first kappa shape index (κ1) is 14.8. The molecule has 110 valence electrons. The van der Waals surface area contributed by atoms with Gasteiger partial charge in [0.25, 0.3) is 0 Å². The zero-order valence-electron chi connectivity index (χ0n) is 12.5. The maximum absolute atomic E-state index is 5.04. The molecule has 0 fully saturated rings. The Morgan fingerprint density at radius 1 is 1.35 bits per heavy atom. The zero-order chi connectivity index (χ0) is 14.4. The number of hydrogen-bond donors (Lipinski definition) is 1. The van der Waals surface area contributed by atoms with E-state index in [1.165, 1.54) is 11.4 Å². The van der Waals surface area contributed by atoms with Crippen molar-refractivity contribution in [2.75, 3.05) is 20.3 Å². The van der Waals surface area contributed by atoms with Crippen LogP contribution < -0.4 is 5.32 Å². The molecule has 1 N–H and O–H groups in total. The highest BCUT2D eigenvalue weighted by Gasteiger charge is 2.08. The van der Waals surface area contributed by atoms with E-state index in [1.54, 1.807) is 7.11 Å². The van der Waals surface area contributed by atoms with Gasteiger partial charge in [0, 0.05) is 44.3 Å². The molecule has 0 saturated carbocycles. The van der Waals surface area contributed by atoms with Crippen molar-refractivity contribution < 1.29 is 4.74 Å². The number of nitrogens with one attached hydrogen (secondary N) is 1. The molecule has 0 amide bonds. The molecule has 5 nitrogen and oxygen atoms in total. The number of hydrogen-bond acceptors (Lipinski definition) is 3. The van der Waals surface area contributed by atoms with Gasteiger partial charge in [0.15, 0.2) is 0 Å². The second kappa shape index (κ2) is 7.26. The summed E-state index contributed by atoms with van der Waals surface area (Å²) in [6.45, 7) is 7.66. The van der Waals surface area contributed by atoms with Crippen LogP contribution in [0.15, 0.2) is 30.9 Å². The van der Waals surface area contributed by atoms with Crippen LogP contribution in [0, 0.1) is 0 Å². The molecule has 0 spiro atoms. The summed E-state index contributed by atoms with van der Waals surface area (Å²) in [7, 11) is 1.72. The summed E-state index contributed by atoms with van der Waals surface area (Å²) in [6, 6.07) is 4.67. The van der Waals surface area contributed by atoms with Gasteiger partial charge in [0.2, 0.25) is 0 Å². The first-order chi connectivity index (χ1) is 9.72. The van der Waals surface area contributed by atoms with Crippen LogP contribution in [0.4, 0.5) is 0 Å². The number of aromatic nitrogens is 3. The van der Waals surface area contributed by atoms with Gasteiger partial charge in [0.1, 0.15) is 0 Å². The van der Waals surface area contributed by atoms with Crippen LogP contribution in [0.1, 0.15) is 31.3 Å².